The zero-order chi connectivity index (χ0) is 13.0. The molecule has 0 aliphatic heterocycles. The Bertz CT molecular complexity index is 383. The van der Waals surface area contributed by atoms with E-state index in [0.29, 0.717) is 5.92 Å². The number of hydrogen-bond donors (Lipinski definition) is 1. The van der Waals surface area contributed by atoms with Gasteiger partial charge in [-0.3, -0.25) is 0 Å². The van der Waals surface area contributed by atoms with Gasteiger partial charge in [0, 0.05) is 11.6 Å². The van der Waals surface area contributed by atoms with Crippen LogP contribution < -0.4 is 5.32 Å². The highest BCUT2D eigenvalue weighted by atomic mass is 19.1. The molecule has 0 aromatic heterocycles. The Hall–Kier alpha value is -0.890. The minimum Gasteiger partial charge on any atom is -0.310 e. The van der Waals surface area contributed by atoms with Gasteiger partial charge in [-0.15, -0.1) is 0 Å². The number of aryl methyl sites for hydroxylation is 1. The smallest absolute Gasteiger partial charge is 0.128 e. The molecule has 1 atom stereocenters. The van der Waals surface area contributed by atoms with Crippen molar-refractivity contribution in [1.82, 2.24) is 5.32 Å². The van der Waals surface area contributed by atoms with Crippen molar-refractivity contribution in [3.8, 4) is 0 Å². The van der Waals surface area contributed by atoms with E-state index in [4.69, 9.17) is 0 Å². The summed E-state index contributed by atoms with van der Waals surface area (Å²) in [6.07, 6.45) is 6.14. The fourth-order valence-electron chi connectivity index (χ4n) is 3.02. The molecule has 0 amide bonds. The van der Waals surface area contributed by atoms with Crippen molar-refractivity contribution in [2.75, 3.05) is 6.54 Å². The zero-order valence-electron chi connectivity index (χ0n) is 11.5. The van der Waals surface area contributed by atoms with Gasteiger partial charge in [-0.25, -0.2) is 4.39 Å². The fraction of sp³-hybridized carbons (Fsp3) is 0.625. The van der Waals surface area contributed by atoms with Crippen LogP contribution >= 0.6 is 0 Å². The summed E-state index contributed by atoms with van der Waals surface area (Å²) >= 11 is 0. The number of benzene rings is 1. The molecule has 0 spiro atoms. The highest BCUT2D eigenvalue weighted by Gasteiger charge is 2.27. The van der Waals surface area contributed by atoms with Gasteiger partial charge >= 0.3 is 0 Å². The molecule has 1 nitrogen and oxygen atoms in total. The Morgan fingerprint density at radius 3 is 2.72 bits per heavy atom. The van der Waals surface area contributed by atoms with E-state index in [-0.39, 0.29) is 11.9 Å². The van der Waals surface area contributed by atoms with Gasteiger partial charge in [0.05, 0.1) is 0 Å². The molecule has 0 heterocycles. The summed E-state index contributed by atoms with van der Waals surface area (Å²) in [6.45, 7) is 5.16. The third-order valence-corrected chi connectivity index (χ3v) is 3.97. The Kier molecular flexibility index (Phi) is 4.76. The number of halogens is 1. The second-order valence-corrected chi connectivity index (χ2v) is 5.50. The van der Waals surface area contributed by atoms with Crippen molar-refractivity contribution < 1.29 is 4.39 Å². The van der Waals surface area contributed by atoms with Crippen molar-refractivity contribution in [3.63, 3.8) is 0 Å². The number of nitrogens with one attached hydrogen (secondary N) is 1. The molecule has 1 fully saturated rings. The largest absolute Gasteiger partial charge is 0.310 e. The molecule has 100 valence electrons. The molecule has 1 aromatic carbocycles. The summed E-state index contributed by atoms with van der Waals surface area (Å²) in [5.74, 6) is 0.550. The van der Waals surface area contributed by atoms with Crippen LogP contribution in [0.1, 0.15) is 56.2 Å². The first-order valence-electron chi connectivity index (χ1n) is 7.21. The minimum absolute atomic E-state index is 0.0545. The van der Waals surface area contributed by atoms with E-state index in [9.17, 15) is 4.39 Å². The lowest BCUT2D eigenvalue weighted by Gasteiger charge is -2.26. The minimum atomic E-state index is -0.0545. The monoisotopic (exact) mass is 249 g/mol. The van der Waals surface area contributed by atoms with Crippen LogP contribution in [0.25, 0.3) is 0 Å². The molecule has 1 aliphatic rings. The van der Waals surface area contributed by atoms with Crippen LogP contribution in [0.2, 0.25) is 0 Å². The van der Waals surface area contributed by atoms with Gasteiger partial charge in [-0.05, 0) is 44.7 Å². The van der Waals surface area contributed by atoms with Crippen molar-refractivity contribution in [2.45, 2.75) is 52.0 Å². The normalized spacial score (nSPS) is 18.2. The van der Waals surface area contributed by atoms with Gasteiger partial charge in [-0.1, -0.05) is 37.5 Å². The second kappa shape index (κ2) is 6.33. The van der Waals surface area contributed by atoms with Crippen LogP contribution in [-0.4, -0.2) is 6.54 Å². The van der Waals surface area contributed by atoms with Gasteiger partial charge in [-0.2, -0.15) is 0 Å². The quantitative estimate of drug-likeness (QED) is 0.817. The molecule has 2 rings (SSSR count). The van der Waals surface area contributed by atoms with Crippen LogP contribution in [0.15, 0.2) is 18.2 Å². The predicted octanol–water partition coefficient (Wildman–Crippen LogP) is 4.37. The summed E-state index contributed by atoms with van der Waals surface area (Å²) in [5.41, 5.74) is 2.02. The first-order chi connectivity index (χ1) is 8.72. The number of rotatable bonds is 5. The first-order valence-corrected chi connectivity index (χ1v) is 7.21. The van der Waals surface area contributed by atoms with Crippen LogP contribution in [0, 0.1) is 18.7 Å². The van der Waals surface area contributed by atoms with E-state index in [0.717, 1.165) is 24.1 Å². The average molecular weight is 249 g/mol. The molecule has 18 heavy (non-hydrogen) atoms. The maximum absolute atomic E-state index is 14.1. The third-order valence-electron chi connectivity index (χ3n) is 3.97. The maximum atomic E-state index is 14.1. The van der Waals surface area contributed by atoms with E-state index >= 15 is 0 Å². The van der Waals surface area contributed by atoms with Gasteiger partial charge in [0.15, 0.2) is 0 Å². The SMILES string of the molecule is CCCNC(c1cc(C)ccc1F)C1CCCC1. The van der Waals surface area contributed by atoms with Crippen molar-refractivity contribution >= 4 is 0 Å². The summed E-state index contributed by atoms with van der Waals surface area (Å²) < 4.78 is 14.1. The van der Waals surface area contributed by atoms with Crippen molar-refractivity contribution in [3.05, 3.63) is 35.1 Å². The lowest BCUT2D eigenvalue weighted by atomic mass is 9.90. The first kappa shape index (κ1) is 13.5. The van der Waals surface area contributed by atoms with Gasteiger partial charge in [0.25, 0.3) is 0 Å². The molecule has 1 N–H and O–H groups in total. The molecular formula is C16H24FN. The summed E-state index contributed by atoms with van der Waals surface area (Å²) in [4.78, 5) is 0. The Morgan fingerprint density at radius 1 is 1.33 bits per heavy atom. The van der Waals surface area contributed by atoms with E-state index in [1.807, 2.05) is 19.1 Å². The third kappa shape index (κ3) is 3.11. The van der Waals surface area contributed by atoms with E-state index in [1.54, 1.807) is 6.07 Å². The molecule has 0 saturated heterocycles. The highest BCUT2D eigenvalue weighted by Crippen LogP contribution is 2.36. The molecule has 0 radical (unpaired) electrons. The van der Waals surface area contributed by atoms with Crippen LogP contribution in [-0.2, 0) is 0 Å². The van der Waals surface area contributed by atoms with Crippen molar-refractivity contribution in [1.29, 1.82) is 0 Å². The van der Waals surface area contributed by atoms with Crippen LogP contribution in [0.4, 0.5) is 4.39 Å². The molecule has 1 saturated carbocycles. The standard InChI is InChI=1S/C16H24FN/c1-3-10-18-16(13-6-4-5-7-13)14-11-12(2)8-9-15(14)17/h8-9,11,13,16,18H,3-7,10H2,1-2H3. The highest BCUT2D eigenvalue weighted by molar-refractivity contribution is 5.27. The predicted molar refractivity (Wildman–Crippen MR) is 74.1 cm³/mol. The molecule has 1 aliphatic carbocycles. The Labute approximate surface area is 110 Å². The van der Waals surface area contributed by atoms with Gasteiger partial charge < -0.3 is 5.32 Å². The topological polar surface area (TPSA) is 12.0 Å². The number of hydrogen-bond acceptors (Lipinski definition) is 1. The van der Waals surface area contributed by atoms with E-state index in [2.05, 4.69) is 12.2 Å². The Balaban J connectivity index is 2.23. The summed E-state index contributed by atoms with van der Waals surface area (Å²) in [7, 11) is 0. The zero-order valence-corrected chi connectivity index (χ0v) is 11.5. The van der Waals surface area contributed by atoms with Crippen molar-refractivity contribution in [2.24, 2.45) is 5.92 Å². The lowest BCUT2D eigenvalue weighted by Crippen LogP contribution is -2.28. The average Bonchev–Trinajstić information content (AvgIpc) is 2.88. The fourth-order valence-corrected chi connectivity index (χ4v) is 3.02. The lowest BCUT2D eigenvalue weighted by molar-refractivity contribution is 0.357. The maximum Gasteiger partial charge on any atom is 0.128 e. The second-order valence-electron chi connectivity index (χ2n) is 5.50. The summed E-state index contributed by atoms with van der Waals surface area (Å²) in [5, 5.41) is 3.56. The van der Waals surface area contributed by atoms with Gasteiger partial charge in [0.2, 0.25) is 0 Å². The summed E-state index contributed by atoms with van der Waals surface area (Å²) in [6, 6.07) is 5.68. The molecular weight excluding hydrogens is 225 g/mol. The molecule has 1 unspecified atom stereocenters. The van der Waals surface area contributed by atoms with Gasteiger partial charge in [0.1, 0.15) is 5.82 Å². The van der Waals surface area contributed by atoms with Crippen LogP contribution in [0.5, 0.6) is 0 Å². The molecule has 0 bridgehead atoms. The Morgan fingerprint density at radius 2 is 2.06 bits per heavy atom. The van der Waals surface area contributed by atoms with Crippen LogP contribution in [0.3, 0.4) is 0 Å². The molecule has 1 aromatic rings. The van der Waals surface area contributed by atoms with E-state index in [1.165, 1.54) is 25.7 Å². The molecule has 2 heteroatoms. The van der Waals surface area contributed by atoms with E-state index < -0.39 is 0 Å².